The van der Waals surface area contributed by atoms with E-state index in [-0.39, 0.29) is 17.6 Å². The van der Waals surface area contributed by atoms with Gasteiger partial charge in [-0.05, 0) is 54.8 Å². The van der Waals surface area contributed by atoms with Crippen molar-refractivity contribution in [3.05, 3.63) is 94.7 Å². The topological polar surface area (TPSA) is 41.1 Å². The van der Waals surface area contributed by atoms with Gasteiger partial charge < -0.3 is 9.72 Å². The second-order valence-electron chi connectivity index (χ2n) is 7.86. The quantitative estimate of drug-likeness (QED) is 0.513. The molecular formula is C25H24FN3O. The zero-order chi connectivity index (χ0) is 20.7. The minimum Gasteiger partial charge on any atom is -0.494 e. The van der Waals surface area contributed by atoms with Crippen molar-refractivity contribution in [1.29, 1.82) is 0 Å². The van der Waals surface area contributed by atoms with Gasteiger partial charge in [-0.1, -0.05) is 30.3 Å². The fourth-order valence-corrected chi connectivity index (χ4v) is 4.55. The average molecular weight is 401 g/mol. The van der Waals surface area contributed by atoms with Crippen LogP contribution in [0.1, 0.15) is 34.3 Å². The molecule has 5 heteroatoms. The number of halogens is 1. The normalized spacial score (nSPS) is 16.6. The van der Waals surface area contributed by atoms with Crippen LogP contribution in [0.2, 0.25) is 0 Å². The maximum Gasteiger partial charge on any atom is 0.165 e. The lowest BCUT2D eigenvalue weighted by molar-refractivity contribution is 0.198. The summed E-state index contributed by atoms with van der Waals surface area (Å²) in [6.07, 6.45) is 0.958. The second kappa shape index (κ2) is 7.58. The van der Waals surface area contributed by atoms with Gasteiger partial charge in [-0.25, -0.2) is 4.39 Å². The molecule has 0 saturated heterocycles. The standard InChI is InChI=1S/C25H24FN3O/c1-16-6-5-9-22(27-16)25-24-19(18-7-3-4-8-21(18)28-24)12-13-29(25)15-17-10-11-20(26)23(14-17)30-2/h3-11,14,25,28H,12-13,15H2,1-2H3/t25-/m0/s1. The highest BCUT2D eigenvalue weighted by atomic mass is 19.1. The predicted octanol–water partition coefficient (Wildman–Crippen LogP) is 5.17. The van der Waals surface area contributed by atoms with Crippen molar-refractivity contribution >= 4 is 10.9 Å². The predicted molar refractivity (Wildman–Crippen MR) is 116 cm³/mol. The molecule has 0 fully saturated rings. The molecule has 0 radical (unpaired) electrons. The minimum absolute atomic E-state index is 0.0112. The number of rotatable bonds is 4. The molecule has 0 bridgehead atoms. The van der Waals surface area contributed by atoms with Crippen LogP contribution >= 0.6 is 0 Å². The first kappa shape index (κ1) is 18.8. The molecule has 1 N–H and O–H groups in total. The summed E-state index contributed by atoms with van der Waals surface area (Å²) >= 11 is 0. The molecule has 2 aromatic heterocycles. The highest BCUT2D eigenvalue weighted by Crippen LogP contribution is 2.38. The lowest BCUT2D eigenvalue weighted by atomic mass is 9.94. The second-order valence-corrected chi connectivity index (χ2v) is 7.86. The molecule has 0 unspecified atom stereocenters. The monoisotopic (exact) mass is 401 g/mol. The zero-order valence-electron chi connectivity index (χ0n) is 17.2. The van der Waals surface area contributed by atoms with Crippen LogP contribution in [0.3, 0.4) is 0 Å². The van der Waals surface area contributed by atoms with Gasteiger partial charge in [0.05, 0.1) is 18.8 Å². The fourth-order valence-electron chi connectivity index (χ4n) is 4.55. The first-order chi connectivity index (χ1) is 14.6. The fraction of sp³-hybridized carbons (Fsp3) is 0.240. The Bertz CT molecular complexity index is 1220. The van der Waals surface area contributed by atoms with E-state index in [9.17, 15) is 4.39 Å². The lowest BCUT2D eigenvalue weighted by Crippen LogP contribution is -2.36. The maximum absolute atomic E-state index is 13.9. The molecule has 5 rings (SSSR count). The number of H-pyrrole nitrogens is 1. The molecule has 4 nitrogen and oxygen atoms in total. The number of nitrogens with zero attached hydrogens (tertiary/aromatic N) is 2. The molecule has 0 saturated carbocycles. The molecule has 152 valence electrons. The van der Waals surface area contributed by atoms with Gasteiger partial charge in [-0.3, -0.25) is 9.88 Å². The Labute approximate surface area is 175 Å². The Hall–Kier alpha value is -3.18. The van der Waals surface area contributed by atoms with Crippen LogP contribution in [0.25, 0.3) is 10.9 Å². The first-order valence-corrected chi connectivity index (χ1v) is 10.2. The van der Waals surface area contributed by atoms with Crippen molar-refractivity contribution in [2.75, 3.05) is 13.7 Å². The van der Waals surface area contributed by atoms with E-state index in [4.69, 9.17) is 9.72 Å². The van der Waals surface area contributed by atoms with Crippen molar-refractivity contribution in [2.24, 2.45) is 0 Å². The maximum atomic E-state index is 13.9. The number of nitrogens with one attached hydrogen (secondary N) is 1. The number of ether oxygens (including phenoxy) is 1. The average Bonchev–Trinajstić information content (AvgIpc) is 3.13. The summed E-state index contributed by atoms with van der Waals surface area (Å²) in [5.41, 5.74) is 6.77. The van der Waals surface area contributed by atoms with Crippen molar-refractivity contribution < 1.29 is 9.13 Å². The molecule has 1 atom stereocenters. The summed E-state index contributed by atoms with van der Waals surface area (Å²) in [5.74, 6) is -0.0595. The van der Waals surface area contributed by atoms with Crippen molar-refractivity contribution in [3.63, 3.8) is 0 Å². The molecule has 0 aliphatic carbocycles. The van der Waals surface area contributed by atoms with Crippen LogP contribution < -0.4 is 4.74 Å². The molecule has 3 heterocycles. The smallest absolute Gasteiger partial charge is 0.165 e. The van der Waals surface area contributed by atoms with Crippen LogP contribution in [-0.4, -0.2) is 28.5 Å². The van der Waals surface area contributed by atoms with Crippen molar-refractivity contribution in [3.8, 4) is 5.75 Å². The number of aromatic amines is 1. The highest BCUT2D eigenvalue weighted by Gasteiger charge is 2.32. The van der Waals surface area contributed by atoms with Gasteiger partial charge in [0.15, 0.2) is 11.6 Å². The number of aromatic nitrogens is 2. The third-order valence-corrected chi connectivity index (χ3v) is 5.93. The van der Waals surface area contributed by atoms with Crippen molar-refractivity contribution in [2.45, 2.75) is 25.9 Å². The van der Waals surface area contributed by atoms with E-state index in [0.717, 1.165) is 35.4 Å². The molecule has 2 aromatic carbocycles. The van der Waals surface area contributed by atoms with E-state index in [1.54, 1.807) is 6.07 Å². The summed E-state index contributed by atoms with van der Waals surface area (Å²) in [5, 5.41) is 1.29. The van der Waals surface area contributed by atoms with E-state index >= 15 is 0 Å². The lowest BCUT2D eigenvalue weighted by Gasteiger charge is -2.35. The number of pyridine rings is 1. The SMILES string of the molecule is COc1cc(CN2CCc3c([nH]c4ccccc34)[C@@H]2c2cccc(C)n2)ccc1F. The van der Waals surface area contributed by atoms with Gasteiger partial charge in [0.25, 0.3) is 0 Å². The van der Waals surface area contributed by atoms with Crippen LogP contribution in [0.5, 0.6) is 5.75 Å². The van der Waals surface area contributed by atoms with E-state index in [1.807, 2.05) is 19.1 Å². The summed E-state index contributed by atoms with van der Waals surface area (Å²) in [6, 6.07) is 19.8. The number of hydrogen-bond donors (Lipinski definition) is 1. The van der Waals surface area contributed by atoms with Crippen LogP contribution in [0, 0.1) is 12.7 Å². The van der Waals surface area contributed by atoms with E-state index in [0.29, 0.717) is 6.54 Å². The van der Waals surface area contributed by atoms with Crippen LogP contribution in [0.15, 0.2) is 60.7 Å². The number of benzene rings is 2. The summed E-state index contributed by atoms with van der Waals surface area (Å²) < 4.78 is 19.1. The molecule has 1 aliphatic heterocycles. The van der Waals surface area contributed by atoms with Crippen LogP contribution in [-0.2, 0) is 13.0 Å². The van der Waals surface area contributed by atoms with E-state index < -0.39 is 0 Å². The third kappa shape index (κ3) is 3.25. The first-order valence-electron chi connectivity index (χ1n) is 10.2. The van der Waals surface area contributed by atoms with Gasteiger partial charge in [0.2, 0.25) is 0 Å². The largest absolute Gasteiger partial charge is 0.494 e. The van der Waals surface area contributed by atoms with Crippen molar-refractivity contribution in [1.82, 2.24) is 14.9 Å². The Morgan fingerprint density at radius 2 is 2.00 bits per heavy atom. The van der Waals surface area contributed by atoms with E-state index in [1.165, 1.54) is 29.8 Å². The van der Waals surface area contributed by atoms with Gasteiger partial charge >= 0.3 is 0 Å². The number of fused-ring (bicyclic) bond motifs is 3. The molecule has 0 spiro atoms. The summed E-state index contributed by atoms with van der Waals surface area (Å²) in [4.78, 5) is 10.9. The number of hydrogen-bond acceptors (Lipinski definition) is 3. The molecular weight excluding hydrogens is 377 g/mol. The molecule has 1 aliphatic rings. The van der Waals surface area contributed by atoms with Gasteiger partial charge in [0.1, 0.15) is 0 Å². The Morgan fingerprint density at radius 3 is 2.83 bits per heavy atom. The molecule has 0 amide bonds. The number of methoxy groups -OCH3 is 1. The number of para-hydroxylation sites is 1. The van der Waals surface area contributed by atoms with E-state index in [2.05, 4.69) is 46.3 Å². The van der Waals surface area contributed by atoms with Crippen LogP contribution in [0.4, 0.5) is 4.39 Å². The Kier molecular flexibility index (Phi) is 4.75. The minimum atomic E-state index is -0.338. The molecule has 4 aromatic rings. The van der Waals surface area contributed by atoms with Gasteiger partial charge in [-0.2, -0.15) is 0 Å². The highest BCUT2D eigenvalue weighted by molar-refractivity contribution is 5.85. The Balaban J connectivity index is 1.60. The summed E-state index contributed by atoms with van der Waals surface area (Å²) in [6.45, 7) is 3.61. The number of aryl methyl sites for hydroxylation is 1. The van der Waals surface area contributed by atoms with Gasteiger partial charge in [-0.15, -0.1) is 0 Å². The third-order valence-electron chi connectivity index (χ3n) is 5.93. The van der Waals surface area contributed by atoms with Gasteiger partial charge in [0, 0.05) is 35.4 Å². The molecule has 30 heavy (non-hydrogen) atoms. The zero-order valence-corrected chi connectivity index (χ0v) is 17.2. The Morgan fingerprint density at radius 1 is 1.13 bits per heavy atom. The summed E-state index contributed by atoms with van der Waals surface area (Å²) in [7, 11) is 1.50.